The first-order chi connectivity index (χ1) is 13.8. The van der Waals surface area contributed by atoms with E-state index < -0.39 is 0 Å². The summed E-state index contributed by atoms with van der Waals surface area (Å²) < 4.78 is 16.2. The van der Waals surface area contributed by atoms with E-state index in [4.69, 9.17) is 13.9 Å². The molecule has 2 aromatic heterocycles. The smallest absolute Gasteiger partial charge is 0.277 e. The van der Waals surface area contributed by atoms with Crippen LogP contribution >= 0.6 is 11.8 Å². The number of hydrogen-bond acceptors (Lipinski definition) is 8. The van der Waals surface area contributed by atoms with Crippen LogP contribution in [0, 0.1) is 13.8 Å². The van der Waals surface area contributed by atoms with Gasteiger partial charge in [-0.05, 0) is 44.5 Å². The Morgan fingerprint density at radius 1 is 1.14 bits per heavy atom. The van der Waals surface area contributed by atoms with Crippen LogP contribution in [-0.2, 0) is 0 Å². The summed E-state index contributed by atoms with van der Waals surface area (Å²) in [5, 5.41) is 8.29. The van der Waals surface area contributed by atoms with E-state index in [1.54, 1.807) is 46.3 Å². The van der Waals surface area contributed by atoms with Gasteiger partial charge in [-0.1, -0.05) is 11.8 Å². The van der Waals surface area contributed by atoms with E-state index in [9.17, 15) is 9.59 Å². The molecule has 0 aliphatic rings. The molecule has 0 unspecified atom stereocenters. The summed E-state index contributed by atoms with van der Waals surface area (Å²) in [5.41, 5.74) is 3.02. The van der Waals surface area contributed by atoms with Crippen LogP contribution in [0.5, 0.6) is 11.5 Å². The van der Waals surface area contributed by atoms with E-state index in [1.807, 2.05) is 0 Å². The van der Waals surface area contributed by atoms with Crippen LogP contribution < -0.4 is 9.47 Å². The topological polar surface area (TPSA) is 107 Å². The average Bonchev–Trinajstić information content (AvgIpc) is 3.29. The molecule has 9 heteroatoms. The second kappa shape index (κ2) is 8.52. The largest absolute Gasteiger partial charge is 0.493 e. The molecule has 0 amide bonds. The summed E-state index contributed by atoms with van der Waals surface area (Å²) in [7, 11) is 3.10. The van der Waals surface area contributed by atoms with E-state index in [1.165, 1.54) is 6.92 Å². The zero-order valence-electron chi connectivity index (χ0n) is 16.8. The summed E-state index contributed by atoms with van der Waals surface area (Å²) in [6, 6.07) is 5.26. The van der Waals surface area contributed by atoms with Crippen LogP contribution in [0.4, 0.5) is 0 Å². The fraction of sp³-hybridized carbons (Fsp3) is 0.300. The first-order valence-corrected chi connectivity index (χ1v) is 9.76. The highest BCUT2D eigenvalue weighted by atomic mass is 32.2. The molecule has 1 N–H and O–H groups in total. The predicted molar refractivity (Wildman–Crippen MR) is 108 cm³/mol. The highest BCUT2D eigenvalue weighted by Gasteiger charge is 2.21. The van der Waals surface area contributed by atoms with Crippen molar-refractivity contribution >= 4 is 23.3 Å². The molecule has 0 saturated carbocycles. The Kier molecular flexibility index (Phi) is 6.07. The lowest BCUT2D eigenvalue weighted by Crippen LogP contribution is -2.05. The third kappa shape index (κ3) is 4.19. The van der Waals surface area contributed by atoms with Crippen molar-refractivity contribution in [2.45, 2.75) is 26.0 Å². The van der Waals surface area contributed by atoms with Crippen molar-refractivity contribution < 1.29 is 23.5 Å². The number of aryl methyl sites for hydroxylation is 1. The molecule has 0 saturated heterocycles. The van der Waals surface area contributed by atoms with Gasteiger partial charge in [-0.15, -0.1) is 10.2 Å². The third-order valence-corrected chi connectivity index (χ3v) is 5.25. The molecule has 0 aliphatic heterocycles. The third-order valence-electron chi connectivity index (χ3n) is 4.43. The van der Waals surface area contributed by atoms with Crippen molar-refractivity contribution in [3.63, 3.8) is 0 Å². The van der Waals surface area contributed by atoms with Crippen molar-refractivity contribution in [1.82, 2.24) is 15.2 Å². The molecular weight excluding hydrogens is 394 g/mol. The lowest BCUT2D eigenvalue weighted by Gasteiger charge is -2.07. The van der Waals surface area contributed by atoms with Gasteiger partial charge in [0.2, 0.25) is 5.89 Å². The Morgan fingerprint density at radius 3 is 2.48 bits per heavy atom. The Hall–Kier alpha value is -3.07. The van der Waals surface area contributed by atoms with E-state index >= 15 is 0 Å². The van der Waals surface area contributed by atoms with Crippen molar-refractivity contribution in [3.05, 3.63) is 40.7 Å². The first kappa shape index (κ1) is 20.7. The molecule has 29 heavy (non-hydrogen) atoms. The minimum Gasteiger partial charge on any atom is -0.493 e. The van der Waals surface area contributed by atoms with Crippen LogP contribution in [-0.4, -0.2) is 46.7 Å². The van der Waals surface area contributed by atoms with E-state index in [-0.39, 0.29) is 22.5 Å². The van der Waals surface area contributed by atoms with Gasteiger partial charge in [-0.2, -0.15) is 0 Å². The van der Waals surface area contributed by atoms with Crippen molar-refractivity contribution in [2.75, 3.05) is 20.0 Å². The Bertz CT molecular complexity index is 1070. The van der Waals surface area contributed by atoms with E-state index in [0.29, 0.717) is 45.5 Å². The standard InChI is InChI=1S/C20H21N3O5S/c1-10-17(12(3)24)11(2)21-18(10)14(25)9-29-20-23-22-19(28-20)13-6-7-15(26-4)16(8-13)27-5/h6-8,21H,9H2,1-5H3. The molecule has 8 nitrogen and oxygen atoms in total. The minimum atomic E-state index is -0.144. The van der Waals surface area contributed by atoms with Crippen molar-refractivity contribution in [1.29, 1.82) is 0 Å². The lowest BCUT2D eigenvalue weighted by atomic mass is 10.1. The van der Waals surface area contributed by atoms with Crippen LogP contribution in [0.2, 0.25) is 0 Å². The normalized spacial score (nSPS) is 10.8. The number of benzene rings is 1. The van der Waals surface area contributed by atoms with Gasteiger partial charge in [0.25, 0.3) is 5.22 Å². The zero-order chi connectivity index (χ0) is 21.1. The Labute approximate surface area is 172 Å². The molecule has 1 aromatic carbocycles. The summed E-state index contributed by atoms with van der Waals surface area (Å²) in [5.74, 6) is 1.34. The second-order valence-electron chi connectivity index (χ2n) is 6.34. The van der Waals surface area contributed by atoms with E-state index in [0.717, 1.165) is 11.8 Å². The number of hydrogen-bond donors (Lipinski definition) is 1. The fourth-order valence-electron chi connectivity index (χ4n) is 3.11. The lowest BCUT2D eigenvalue weighted by molar-refractivity contribution is 0.101. The second-order valence-corrected chi connectivity index (χ2v) is 7.26. The Balaban J connectivity index is 1.72. The number of nitrogens with one attached hydrogen (secondary N) is 1. The highest BCUT2D eigenvalue weighted by Crippen LogP contribution is 2.32. The summed E-state index contributed by atoms with van der Waals surface area (Å²) in [4.78, 5) is 27.3. The molecule has 0 aliphatic carbocycles. The number of H-pyrrole nitrogens is 1. The van der Waals surface area contributed by atoms with Crippen LogP contribution in [0.15, 0.2) is 27.8 Å². The number of ketones is 2. The van der Waals surface area contributed by atoms with Crippen LogP contribution in [0.25, 0.3) is 11.5 Å². The summed E-state index contributed by atoms with van der Waals surface area (Å²) in [6.45, 7) is 5.03. The number of Topliss-reactive ketones (excluding diaryl/α,β-unsaturated/α-hetero) is 2. The minimum absolute atomic E-state index is 0.0700. The molecule has 0 spiro atoms. The average molecular weight is 415 g/mol. The molecule has 152 valence electrons. The molecule has 0 radical (unpaired) electrons. The van der Waals surface area contributed by atoms with Crippen LogP contribution in [0.1, 0.15) is 39.0 Å². The highest BCUT2D eigenvalue weighted by molar-refractivity contribution is 7.99. The maximum atomic E-state index is 12.6. The van der Waals surface area contributed by atoms with Gasteiger partial charge in [0, 0.05) is 16.8 Å². The number of aromatic amines is 1. The molecule has 0 bridgehead atoms. The monoisotopic (exact) mass is 415 g/mol. The van der Waals surface area contributed by atoms with Crippen molar-refractivity contribution in [2.24, 2.45) is 0 Å². The number of ether oxygens (including phenoxy) is 2. The fourth-order valence-corrected chi connectivity index (χ4v) is 3.75. The maximum Gasteiger partial charge on any atom is 0.277 e. The molecule has 0 fully saturated rings. The number of nitrogens with zero attached hydrogens (tertiary/aromatic N) is 2. The molecule has 3 aromatic rings. The number of aromatic nitrogens is 3. The number of thioether (sulfide) groups is 1. The van der Waals surface area contributed by atoms with E-state index in [2.05, 4.69) is 15.2 Å². The molecule has 3 rings (SSSR count). The number of methoxy groups -OCH3 is 2. The number of carbonyl (C=O) groups is 2. The van der Waals surface area contributed by atoms with Gasteiger partial charge in [-0.25, -0.2) is 0 Å². The molecule has 2 heterocycles. The zero-order valence-corrected chi connectivity index (χ0v) is 17.6. The SMILES string of the molecule is COc1ccc(-c2nnc(SCC(=O)c3[nH]c(C)c(C(C)=O)c3C)o2)cc1OC. The Morgan fingerprint density at radius 2 is 1.86 bits per heavy atom. The number of rotatable bonds is 8. The summed E-state index contributed by atoms with van der Waals surface area (Å²) >= 11 is 1.14. The van der Waals surface area contributed by atoms with Gasteiger partial charge in [0.15, 0.2) is 23.1 Å². The molecular formula is C20H21N3O5S. The first-order valence-electron chi connectivity index (χ1n) is 8.77. The predicted octanol–water partition coefficient (Wildman–Crippen LogP) is 3.88. The van der Waals surface area contributed by atoms with Gasteiger partial charge in [0.05, 0.1) is 25.7 Å². The maximum absolute atomic E-state index is 12.6. The van der Waals surface area contributed by atoms with Gasteiger partial charge >= 0.3 is 0 Å². The number of carbonyl (C=O) groups excluding carboxylic acids is 2. The van der Waals surface area contributed by atoms with Gasteiger partial charge in [0.1, 0.15) is 0 Å². The quantitative estimate of drug-likeness (QED) is 0.436. The van der Waals surface area contributed by atoms with Crippen LogP contribution in [0.3, 0.4) is 0 Å². The summed E-state index contributed by atoms with van der Waals surface area (Å²) in [6.07, 6.45) is 0. The molecule has 0 atom stereocenters. The van der Waals surface area contributed by atoms with Crippen molar-refractivity contribution in [3.8, 4) is 23.0 Å². The van der Waals surface area contributed by atoms with Gasteiger partial charge in [-0.3, -0.25) is 9.59 Å². The van der Waals surface area contributed by atoms with Gasteiger partial charge < -0.3 is 18.9 Å².